The number of thiophene rings is 1. The summed E-state index contributed by atoms with van der Waals surface area (Å²) in [6.45, 7) is 0. The van der Waals surface area contributed by atoms with E-state index < -0.39 is 0 Å². The standard InChI is InChI=1S/C16H10BrFO2S/c1-20-13-5-3-10(6-12(13)17)16(19)15-7-9-2-4-11(18)8-14(9)21-15/h2-8H,1H3. The lowest BCUT2D eigenvalue weighted by molar-refractivity contribution is 0.104. The van der Waals surface area contributed by atoms with Crippen molar-refractivity contribution in [2.75, 3.05) is 7.11 Å². The van der Waals surface area contributed by atoms with E-state index in [1.165, 1.54) is 23.5 Å². The van der Waals surface area contributed by atoms with E-state index in [1.54, 1.807) is 37.4 Å². The second-order valence-electron chi connectivity index (χ2n) is 4.47. The minimum absolute atomic E-state index is 0.0834. The number of carbonyl (C=O) groups is 1. The van der Waals surface area contributed by atoms with E-state index in [1.807, 2.05) is 0 Å². The van der Waals surface area contributed by atoms with Crippen molar-refractivity contribution in [3.8, 4) is 5.75 Å². The molecule has 1 heterocycles. The molecule has 0 saturated heterocycles. The summed E-state index contributed by atoms with van der Waals surface area (Å²) in [6, 6.07) is 11.5. The minimum atomic E-state index is -0.296. The lowest BCUT2D eigenvalue weighted by Crippen LogP contribution is -1.98. The average molecular weight is 365 g/mol. The first-order chi connectivity index (χ1) is 10.1. The first-order valence-electron chi connectivity index (χ1n) is 6.16. The minimum Gasteiger partial charge on any atom is -0.496 e. The highest BCUT2D eigenvalue weighted by atomic mass is 79.9. The Morgan fingerprint density at radius 3 is 2.71 bits per heavy atom. The molecule has 0 bridgehead atoms. The Labute approximate surface area is 133 Å². The summed E-state index contributed by atoms with van der Waals surface area (Å²) >= 11 is 4.66. The molecule has 3 aromatic rings. The fourth-order valence-electron chi connectivity index (χ4n) is 2.07. The SMILES string of the molecule is COc1ccc(C(=O)c2cc3ccc(F)cc3s2)cc1Br. The zero-order chi connectivity index (χ0) is 15.0. The van der Waals surface area contributed by atoms with E-state index in [2.05, 4.69) is 15.9 Å². The first-order valence-corrected chi connectivity index (χ1v) is 7.77. The molecule has 0 aliphatic heterocycles. The van der Waals surface area contributed by atoms with Crippen LogP contribution in [0.25, 0.3) is 10.1 Å². The molecule has 106 valence electrons. The molecule has 2 aromatic carbocycles. The number of benzene rings is 2. The summed E-state index contributed by atoms with van der Waals surface area (Å²) in [5, 5.41) is 0.873. The summed E-state index contributed by atoms with van der Waals surface area (Å²) < 4.78 is 19.9. The van der Waals surface area contributed by atoms with Crippen LogP contribution >= 0.6 is 27.3 Å². The van der Waals surface area contributed by atoms with Crippen LogP contribution < -0.4 is 4.74 Å². The summed E-state index contributed by atoms with van der Waals surface area (Å²) in [6.07, 6.45) is 0. The number of halogens is 2. The van der Waals surface area contributed by atoms with Gasteiger partial charge in [0.05, 0.1) is 16.5 Å². The molecular weight excluding hydrogens is 355 g/mol. The van der Waals surface area contributed by atoms with Gasteiger partial charge in [-0.1, -0.05) is 6.07 Å². The predicted molar refractivity (Wildman–Crippen MR) is 85.9 cm³/mol. The van der Waals surface area contributed by atoms with E-state index >= 15 is 0 Å². The van der Waals surface area contributed by atoms with Gasteiger partial charge in [-0.2, -0.15) is 0 Å². The maximum atomic E-state index is 13.2. The Morgan fingerprint density at radius 2 is 2.00 bits per heavy atom. The predicted octanol–water partition coefficient (Wildman–Crippen LogP) is 5.04. The molecule has 2 nitrogen and oxygen atoms in total. The Hall–Kier alpha value is -1.72. The number of ketones is 1. The number of hydrogen-bond donors (Lipinski definition) is 0. The van der Waals surface area contributed by atoms with Gasteiger partial charge in [0.15, 0.2) is 0 Å². The quantitative estimate of drug-likeness (QED) is 0.608. The molecule has 0 atom stereocenters. The second-order valence-corrected chi connectivity index (χ2v) is 6.41. The fourth-order valence-corrected chi connectivity index (χ4v) is 3.66. The average Bonchev–Trinajstić information content (AvgIpc) is 2.89. The third kappa shape index (κ3) is 2.71. The van der Waals surface area contributed by atoms with Crippen LogP contribution in [-0.4, -0.2) is 12.9 Å². The van der Waals surface area contributed by atoms with Gasteiger partial charge in [-0.3, -0.25) is 4.79 Å². The Morgan fingerprint density at radius 1 is 1.19 bits per heavy atom. The van der Waals surface area contributed by atoms with Gasteiger partial charge in [-0.05, 0) is 57.7 Å². The van der Waals surface area contributed by atoms with Crippen molar-refractivity contribution >= 4 is 43.1 Å². The van der Waals surface area contributed by atoms with Crippen LogP contribution in [0.5, 0.6) is 5.75 Å². The van der Waals surface area contributed by atoms with Gasteiger partial charge >= 0.3 is 0 Å². The summed E-state index contributed by atoms with van der Waals surface area (Å²) in [4.78, 5) is 13.1. The molecule has 3 rings (SSSR count). The van der Waals surface area contributed by atoms with Crippen LogP contribution in [0.4, 0.5) is 4.39 Å². The molecule has 0 N–H and O–H groups in total. The van der Waals surface area contributed by atoms with E-state index in [0.29, 0.717) is 16.2 Å². The van der Waals surface area contributed by atoms with E-state index in [-0.39, 0.29) is 11.6 Å². The molecule has 0 unspecified atom stereocenters. The molecule has 0 radical (unpaired) electrons. The highest BCUT2D eigenvalue weighted by Crippen LogP contribution is 2.30. The van der Waals surface area contributed by atoms with Crippen molar-refractivity contribution in [3.63, 3.8) is 0 Å². The zero-order valence-corrected chi connectivity index (χ0v) is 13.4. The van der Waals surface area contributed by atoms with Crippen LogP contribution in [0.15, 0.2) is 46.9 Å². The van der Waals surface area contributed by atoms with Crippen LogP contribution in [0.3, 0.4) is 0 Å². The maximum absolute atomic E-state index is 13.2. The molecule has 0 aliphatic carbocycles. The molecule has 0 fully saturated rings. The van der Waals surface area contributed by atoms with Gasteiger partial charge < -0.3 is 4.74 Å². The number of methoxy groups -OCH3 is 1. The maximum Gasteiger partial charge on any atom is 0.203 e. The van der Waals surface area contributed by atoms with Crippen LogP contribution in [-0.2, 0) is 0 Å². The van der Waals surface area contributed by atoms with Crippen molar-refractivity contribution in [2.24, 2.45) is 0 Å². The number of carbonyl (C=O) groups excluding carboxylic acids is 1. The van der Waals surface area contributed by atoms with Gasteiger partial charge in [-0.15, -0.1) is 11.3 Å². The molecule has 1 aromatic heterocycles. The third-order valence-corrected chi connectivity index (χ3v) is 4.84. The highest BCUT2D eigenvalue weighted by molar-refractivity contribution is 9.10. The highest BCUT2D eigenvalue weighted by Gasteiger charge is 2.14. The Bertz CT molecular complexity index is 841. The fraction of sp³-hybridized carbons (Fsp3) is 0.0625. The third-order valence-electron chi connectivity index (χ3n) is 3.12. The van der Waals surface area contributed by atoms with Crippen LogP contribution in [0, 0.1) is 5.82 Å². The summed E-state index contributed by atoms with van der Waals surface area (Å²) in [5.74, 6) is 0.292. The van der Waals surface area contributed by atoms with E-state index in [0.717, 1.165) is 14.6 Å². The van der Waals surface area contributed by atoms with Crippen LogP contribution in [0.2, 0.25) is 0 Å². The molecule has 0 aliphatic rings. The number of ether oxygens (including phenoxy) is 1. The van der Waals surface area contributed by atoms with Crippen LogP contribution in [0.1, 0.15) is 15.2 Å². The van der Waals surface area contributed by atoms with Gasteiger partial charge in [-0.25, -0.2) is 4.39 Å². The molecule has 0 saturated carbocycles. The van der Waals surface area contributed by atoms with Gasteiger partial charge in [0.1, 0.15) is 11.6 Å². The monoisotopic (exact) mass is 364 g/mol. The Balaban J connectivity index is 2.01. The van der Waals surface area contributed by atoms with Gasteiger partial charge in [0.25, 0.3) is 0 Å². The lowest BCUT2D eigenvalue weighted by Gasteiger charge is -2.04. The van der Waals surface area contributed by atoms with Crippen molar-refractivity contribution in [3.05, 3.63) is 63.2 Å². The molecular formula is C16H10BrFO2S. The second kappa shape index (κ2) is 5.58. The lowest BCUT2D eigenvalue weighted by atomic mass is 10.1. The molecule has 0 amide bonds. The zero-order valence-electron chi connectivity index (χ0n) is 11.0. The molecule has 5 heteroatoms. The smallest absolute Gasteiger partial charge is 0.203 e. The van der Waals surface area contributed by atoms with Crippen molar-refractivity contribution in [1.82, 2.24) is 0 Å². The number of fused-ring (bicyclic) bond motifs is 1. The molecule has 0 spiro atoms. The number of hydrogen-bond acceptors (Lipinski definition) is 3. The van der Waals surface area contributed by atoms with E-state index in [9.17, 15) is 9.18 Å². The summed E-state index contributed by atoms with van der Waals surface area (Å²) in [5.41, 5.74) is 0.565. The van der Waals surface area contributed by atoms with E-state index in [4.69, 9.17) is 4.74 Å². The van der Waals surface area contributed by atoms with Crippen molar-refractivity contribution in [2.45, 2.75) is 0 Å². The Kier molecular flexibility index (Phi) is 3.78. The van der Waals surface area contributed by atoms with Crippen molar-refractivity contribution < 1.29 is 13.9 Å². The number of rotatable bonds is 3. The largest absolute Gasteiger partial charge is 0.496 e. The molecule has 21 heavy (non-hydrogen) atoms. The topological polar surface area (TPSA) is 26.3 Å². The summed E-state index contributed by atoms with van der Waals surface area (Å²) in [7, 11) is 1.57. The normalized spacial score (nSPS) is 10.8. The first kappa shape index (κ1) is 14.2. The van der Waals surface area contributed by atoms with Crippen molar-refractivity contribution in [1.29, 1.82) is 0 Å². The van der Waals surface area contributed by atoms with Gasteiger partial charge in [0, 0.05) is 10.3 Å². The van der Waals surface area contributed by atoms with Gasteiger partial charge in [0.2, 0.25) is 5.78 Å².